The molecule has 6 rings (SSSR count). The zero-order valence-corrected chi connectivity index (χ0v) is 22.0. The van der Waals surface area contributed by atoms with Gasteiger partial charge in [0.05, 0.1) is 45.0 Å². The van der Waals surface area contributed by atoms with E-state index < -0.39 is 15.9 Å². The molecule has 2 aromatic heterocycles. The summed E-state index contributed by atoms with van der Waals surface area (Å²) in [4.78, 5) is 33.7. The van der Waals surface area contributed by atoms with E-state index in [2.05, 4.69) is 9.71 Å². The summed E-state index contributed by atoms with van der Waals surface area (Å²) in [5, 5.41) is 2.08. The van der Waals surface area contributed by atoms with Crippen LogP contribution in [-0.4, -0.2) is 54.9 Å². The molecule has 0 radical (unpaired) electrons. The smallest absolute Gasteiger partial charge is 0.261 e. The van der Waals surface area contributed by atoms with Crippen LogP contribution in [0.1, 0.15) is 32.7 Å². The van der Waals surface area contributed by atoms with E-state index >= 15 is 0 Å². The number of nitrogens with zero attached hydrogens (tertiary/aromatic N) is 3. The summed E-state index contributed by atoms with van der Waals surface area (Å²) < 4.78 is 31.1. The first-order valence-electron chi connectivity index (χ1n) is 12.3. The van der Waals surface area contributed by atoms with Crippen molar-refractivity contribution in [1.82, 2.24) is 14.3 Å². The van der Waals surface area contributed by atoms with Crippen LogP contribution >= 0.6 is 0 Å². The number of hydrogen-bond donors (Lipinski definition) is 1. The van der Waals surface area contributed by atoms with Crippen LogP contribution in [0, 0.1) is 12.8 Å². The highest BCUT2D eigenvalue weighted by atomic mass is 32.2. The van der Waals surface area contributed by atoms with Gasteiger partial charge in [-0.1, -0.05) is 42.0 Å². The first-order chi connectivity index (χ1) is 18.2. The van der Waals surface area contributed by atoms with Gasteiger partial charge in [0.2, 0.25) is 0 Å². The van der Waals surface area contributed by atoms with E-state index in [1.165, 1.54) is 6.20 Å². The van der Waals surface area contributed by atoms with Gasteiger partial charge < -0.3 is 4.90 Å². The molecule has 2 heterocycles. The van der Waals surface area contributed by atoms with Gasteiger partial charge in [0.15, 0.2) is 11.6 Å². The molecule has 0 amide bonds. The maximum atomic E-state index is 13.9. The van der Waals surface area contributed by atoms with Gasteiger partial charge in [-0.15, -0.1) is 0 Å². The van der Waals surface area contributed by atoms with Gasteiger partial charge in [0.1, 0.15) is 0 Å². The number of benzene rings is 3. The fourth-order valence-corrected chi connectivity index (χ4v) is 6.42. The number of anilines is 1. The van der Waals surface area contributed by atoms with Crippen molar-refractivity contribution < 1.29 is 18.0 Å². The lowest BCUT2D eigenvalue weighted by Crippen LogP contribution is -2.32. The second-order valence-electron chi connectivity index (χ2n) is 10.1. The molecular formula is C29H26N4O4S. The van der Waals surface area contributed by atoms with E-state index in [1.807, 2.05) is 50.2 Å². The van der Waals surface area contributed by atoms with Gasteiger partial charge >= 0.3 is 0 Å². The van der Waals surface area contributed by atoms with Crippen LogP contribution in [-0.2, 0) is 10.0 Å². The number of aromatic nitrogens is 2. The van der Waals surface area contributed by atoms with Crippen molar-refractivity contribution in [2.45, 2.75) is 18.2 Å². The molecule has 0 fully saturated rings. The van der Waals surface area contributed by atoms with Gasteiger partial charge in [-0.3, -0.25) is 18.7 Å². The molecule has 1 atom stereocenters. The lowest BCUT2D eigenvalue weighted by Gasteiger charge is -2.22. The van der Waals surface area contributed by atoms with Gasteiger partial charge in [-0.25, -0.2) is 13.4 Å². The molecule has 1 aliphatic carbocycles. The van der Waals surface area contributed by atoms with Crippen molar-refractivity contribution in [3.8, 4) is 0 Å². The van der Waals surface area contributed by atoms with Gasteiger partial charge in [0, 0.05) is 17.0 Å². The molecule has 0 saturated carbocycles. The third kappa shape index (κ3) is 3.69. The predicted molar refractivity (Wildman–Crippen MR) is 148 cm³/mol. The Morgan fingerprint density at radius 2 is 1.71 bits per heavy atom. The lowest BCUT2D eigenvalue weighted by molar-refractivity contribution is 0.0788. The summed E-state index contributed by atoms with van der Waals surface area (Å²) in [5.41, 5.74) is 3.37. The summed E-state index contributed by atoms with van der Waals surface area (Å²) in [6, 6.07) is 15.8. The number of ketones is 2. The molecule has 1 N–H and O–H groups in total. The molecule has 8 nitrogen and oxygen atoms in total. The van der Waals surface area contributed by atoms with Gasteiger partial charge in [0.25, 0.3) is 10.0 Å². The van der Waals surface area contributed by atoms with Crippen LogP contribution in [0.25, 0.3) is 27.2 Å². The number of hydrogen-bond acceptors (Lipinski definition) is 6. The first kappa shape index (κ1) is 24.3. The molecule has 0 saturated heterocycles. The lowest BCUT2D eigenvalue weighted by atomic mass is 9.81. The zero-order chi connectivity index (χ0) is 26.8. The number of Topliss-reactive ketones (excluding diaryl/α,β-unsaturated/α-hetero) is 2. The molecular weight excluding hydrogens is 500 g/mol. The van der Waals surface area contributed by atoms with Crippen LogP contribution in [0.15, 0.2) is 72.0 Å². The Bertz CT molecular complexity index is 1890. The second-order valence-corrected chi connectivity index (χ2v) is 11.7. The highest BCUT2D eigenvalue weighted by Gasteiger charge is 2.39. The first-order valence-corrected chi connectivity index (χ1v) is 13.8. The third-order valence-electron chi connectivity index (χ3n) is 7.24. The maximum absolute atomic E-state index is 13.9. The molecule has 0 bridgehead atoms. The number of carbonyl (C=O) groups is 2. The summed E-state index contributed by atoms with van der Waals surface area (Å²) >= 11 is 0. The Morgan fingerprint density at radius 3 is 2.42 bits per heavy atom. The van der Waals surface area contributed by atoms with Crippen LogP contribution < -0.4 is 4.72 Å². The molecule has 9 heteroatoms. The Balaban J connectivity index is 1.61. The minimum absolute atomic E-state index is 0.152. The molecule has 192 valence electrons. The molecule has 38 heavy (non-hydrogen) atoms. The number of rotatable bonds is 6. The van der Waals surface area contributed by atoms with E-state index in [0.717, 1.165) is 10.9 Å². The third-order valence-corrected chi connectivity index (χ3v) is 8.62. The Labute approximate surface area is 219 Å². The normalized spacial score (nSPS) is 15.7. The molecule has 5 aromatic rings. The number of carbonyl (C=O) groups excluding carboxylic acids is 2. The van der Waals surface area contributed by atoms with Gasteiger partial charge in [-0.2, -0.15) is 0 Å². The maximum Gasteiger partial charge on any atom is 0.261 e. The van der Waals surface area contributed by atoms with Crippen molar-refractivity contribution in [3.63, 3.8) is 0 Å². The van der Waals surface area contributed by atoms with E-state index in [4.69, 9.17) is 0 Å². The van der Waals surface area contributed by atoms with Crippen molar-refractivity contribution >= 4 is 54.5 Å². The van der Waals surface area contributed by atoms with Crippen LogP contribution in [0.5, 0.6) is 0 Å². The second kappa shape index (κ2) is 8.75. The predicted octanol–water partition coefficient (Wildman–Crippen LogP) is 4.70. The van der Waals surface area contributed by atoms with Crippen LogP contribution in [0.3, 0.4) is 0 Å². The molecule has 3 aromatic carbocycles. The number of nitrogens with one attached hydrogen (secondary N) is 1. The molecule has 0 aliphatic heterocycles. The zero-order valence-electron chi connectivity index (χ0n) is 21.2. The number of sulfonamides is 1. The standard InChI is InChI=1S/C29H26N4O4S/c1-17-8-10-18(11-9-17)38(36,37)31-23-14-24-25(20-7-5-4-6-19(20)23)26-27-22(15-30-16-33(24)27)28(34)21(29(26)35)12-13-32(2)3/h4-11,14-16,21,31H,12-13H2,1-3H3. The minimum Gasteiger partial charge on any atom is -0.309 e. The Morgan fingerprint density at radius 1 is 1.00 bits per heavy atom. The summed E-state index contributed by atoms with van der Waals surface area (Å²) in [6.45, 7) is 2.49. The fraction of sp³-hybridized carbons (Fsp3) is 0.207. The molecule has 1 aliphatic rings. The van der Waals surface area contributed by atoms with E-state index in [0.29, 0.717) is 51.6 Å². The van der Waals surface area contributed by atoms with Gasteiger partial charge in [-0.05, 0) is 57.6 Å². The average molecular weight is 527 g/mol. The summed E-state index contributed by atoms with van der Waals surface area (Å²) in [6.07, 6.45) is 3.50. The Hall–Kier alpha value is -4.08. The summed E-state index contributed by atoms with van der Waals surface area (Å²) in [5.74, 6) is -1.22. The van der Waals surface area contributed by atoms with Crippen molar-refractivity contribution in [3.05, 3.63) is 83.8 Å². The average Bonchev–Trinajstić information content (AvgIpc) is 3.22. The quantitative estimate of drug-likeness (QED) is 0.322. The monoisotopic (exact) mass is 526 g/mol. The number of aryl methyl sites for hydroxylation is 1. The van der Waals surface area contributed by atoms with Crippen LogP contribution in [0.2, 0.25) is 0 Å². The molecule has 1 unspecified atom stereocenters. The van der Waals surface area contributed by atoms with Crippen molar-refractivity contribution in [1.29, 1.82) is 0 Å². The van der Waals surface area contributed by atoms with E-state index in [1.54, 1.807) is 41.1 Å². The van der Waals surface area contributed by atoms with E-state index in [-0.39, 0.29) is 16.5 Å². The largest absolute Gasteiger partial charge is 0.309 e. The fourth-order valence-electron chi connectivity index (χ4n) is 5.35. The highest BCUT2D eigenvalue weighted by molar-refractivity contribution is 7.92. The number of fused-ring (bicyclic) bond motifs is 5. The van der Waals surface area contributed by atoms with E-state index in [9.17, 15) is 18.0 Å². The summed E-state index contributed by atoms with van der Waals surface area (Å²) in [7, 11) is -0.0651. The van der Waals surface area contributed by atoms with Crippen molar-refractivity contribution in [2.24, 2.45) is 5.92 Å². The molecule has 0 spiro atoms. The minimum atomic E-state index is -3.88. The topological polar surface area (TPSA) is 101 Å². The SMILES string of the molecule is Cc1ccc(S(=O)(=O)Nc2cc3c(c4c5c(cncn53)C(=O)C(CCN(C)C)C4=O)c3ccccc23)cc1. The Kier molecular flexibility index (Phi) is 5.59. The highest BCUT2D eigenvalue weighted by Crippen LogP contribution is 2.42. The van der Waals surface area contributed by atoms with Crippen LogP contribution in [0.4, 0.5) is 5.69 Å². The van der Waals surface area contributed by atoms with Crippen molar-refractivity contribution in [2.75, 3.05) is 25.4 Å².